The van der Waals surface area contributed by atoms with Gasteiger partial charge in [-0.1, -0.05) is 35.9 Å². The molecule has 5 heteroatoms. The Balaban J connectivity index is 1.81. The molecular formula is C18H14N2OS2. The zero-order chi connectivity index (χ0) is 15.8. The van der Waals surface area contributed by atoms with Crippen molar-refractivity contribution in [3.63, 3.8) is 0 Å². The molecule has 0 amide bonds. The number of H-pyrrole nitrogens is 1. The van der Waals surface area contributed by atoms with Crippen molar-refractivity contribution in [1.29, 1.82) is 0 Å². The van der Waals surface area contributed by atoms with Gasteiger partial charge in [0.2, 0.25) is 0 Å². The smallest absolute Gasteiger partial charge is 0.260 e. The third-order valence-electron chi connectivity index (χ3n) is 3.78. The second kappa shape index (κ2) is 5.76. The highest BCUT2D eigenvalue weighted by Gasteiger charge is 2.13. The summed E-state index contributed by atoms with van der Waals surface area (Å²) in [5.74, 6) is 0.724. The number of benzene rings is 1. The van der Waals surface area contributed by atoms with Gasteiger partial charge in [0.25, 0.3) is 5.56 Å². The van der Waals surface area contributed by atoms with Crippen LogP contribution in [-0.4, -0.2) is 9.97 Å². The summed E-state index contributed by atoms with van der Waals surface area (Å²) in [5.41, 5.74) is 3.17. The van der Waals surface area contributed by atoms with E-state index in [0.29, 0.717) is 11.8 Å². The number of aryl methyl sites for hydroxylation is 1. The molecule has 0 aliphatic carbocycles. The van der Waals surface area contributed by atoms with Crippen LogP contribution >= 0.6 is 22.7 Å². The molecular weight excluding hydrogens is 324 g/mol. The number of rotatable bonds is 3. The molecule has 0 unspecified atom stereocenters. The molecule has 4 aromatic rings. The van der Waals surface area contributed by atoms with E-state index in [-0.39, 0.29) is 5.56 Å². The minimum absolute atomic E-state index is 0.0571. The van der Waals surface area contributed by atoms with E-state index in [2.05, 4.69) is 47.2 Å². The van der Waals surface area contributed by atoms with E-state index in [0.717, 1.165) is 21.8 Å². The van der Waals surface area contributed by atoms with E-state index in [1.807, 2.05) is 16.8 Å². The number of hydrogen-bond donors (Lipinski definition) is 1. The molecule has 114 valence electrons. The maximum absolute atomic E-state index is 12.6. The topological polar surface area (TPSA) is 45.8 Å². The molecule has 3 nitrogen and oxygen atoms in total. The number of thiophene rings is 2. The van der Waals surface area contributed by atoms with Gasteiger partial charge in [-0.05, 0) is 23.9 Å². The van der Waals surface area contributed by atoms with Gasteiger partial charge in [-0.3, -0.25) is 4.79 Å². The van der Waals surface area contributed by atoms with Gasteiger partial charge in [-0.2, -0.15) is 0 Å². The minimum atomic E-state index is -0.0571. The normalized spacial score (nSPS) is 11.2. The van der Waals surface area contributed by atoms with Crippen LogP contribution in [0.2, 0.25) is 0 Å². The van der Waals surface area contributed by atoms with Gasteiger partial charge in [-0.25, -0.2) is 4.98 Å². The largest absolute Gasteiger partial charge is 0.310 e. The number of aromatic nitrogens is 2. The van der Waals surface area contributed by atoms with Crippen LogP contribution in [0.25, 0.3) is 21.3 Å². The van der Waals surface area contributed by atoms with Crippen molar-refractivity contribution in [3.8, 4) is 11.1 Å². The summed E-state index contributed by atoms with van der Waals surface area (Å²) in [7, 11) is 0. The molecule has 0 aliphatic rings. The first-order valence-electron chi connectivity index (χ1n) is 7.30. The lowest BCUT2D eigenvalue weighted by Crippen LogP contribution is -2.11. The molecule has 0 aliphatic heterocycles. The van der Waals surface area contributed by atoms with Crippen molar-refractivity contribution in [2.45, 2.75) is 13.3 Å². The molecule has 0 fully saturated rings. The van der Waals surface area contributed by atoms with E-state index in [9.17, 15) is 4.79 Å². The Morgan fingerprint density at radius 2 is 1.96 bits per heavy atom. The van der Waals surface area contributed by atoms with Crippen LogP contribution in [0.4, 0.5) is 0 Å². The molecule has 3 aromatic heterocycles. The van der Waals surface area contributed by atoms with Crippen LogP contribution in [0.15, 0.2) is 52.0 Å². The molecule has 0 saturated heterocycles. The molecule has 0 radical (unpaired) electrons. The Morgan fingerprint density at radius 3 is 2.70 bits per heavy atom. The molecule has 0 atom stereocenters. The SMILES string of the molecule is Cc1ccc(-c2csc3nc(Cc4cccs4)[nH]c(=O)c23)cc1. The van der Waals surface area contributed by atoms with Crippen LogP contribution in [0, 0.1) is 6.92 Å². The average molecular weight is 338 g/mol. The van der Waals surface area contributed by atoms with Gasteiger partial charge in [0.1, 0.15) is 10.7 Å². The summed E-state index contributed by atoms with van der Waals surface area (Å²) < 4.78 is 0. The van der Waals surface area contributed by atoms with Gasteiger partial charge < -0.3 is 4.98 Å². The lowest BCUT2D eigenvalue weighted by atomic mass is 10.1. The first-order valence-corrected chi connectivity index (χ1v) is 9.06. The number of nitrogens with one attached hydrogen (secondary N) is 1. The number of hydrogen-bond acceptors (Lipinski definition) is 4. The van der Waals surface area contributed by atoms with Gasteiger partial charge in [0.15, 0.2) is 0 Å². The first-order chi connectivity index (χ1) is 11.2. The van der Waals surface area contributed by atoms with Crippen molar-refractivity contribution in [3.05, 3.63) is 73.8 Å². The zero-order valence-electron chi connectivity index (χ0n) is 12.5. The van der Waals surface area contributed by atoms with E-state index >= 15 is 0 Å². The van der Waals surface area contributed by atoms with E-state index in [4.69, 9.17) is 0 Å². The van der Waals surface area contributed by atoms with Crippen molar-refractivity contribution in [2.24, 2.45) is 0 Å². The van der Waals surface area contributed by atoms with Crippen molar-refractivity contribution >= 4 is 32.9 Å². The highest BCUT2D eigenvalue weighted by Crippen LogP contribution is 2.31. The zero-order valence-corrected chi connectivity index (χ0v) is 14.1. The fraction of sp³-hybridized carbons (Fsp3) is 0.111. The summed E-state index contributed by atoms with van der Waals surface area (Å²) in [5, 5.41) is 4.74. The summed E-state index contributed by atoms with van der Waals surface area (Å²) >= 11 is 3.20. The Labute approximate surface area is 141 Å². The van der Waals surface area contributed by atoms with Crippen molar-refractivity contribution in [2.75, 3.05) is 0 Å². The monoisotopic (exact) mass is 338 g/mol. The fourth-order valence-corrected chi connectivity index (χ4v) is 4.28. The Kier molecular flexibility index (Phi) is 3.59. The number of nitrogens with zero attached hydrogens (tertiary/aromatic N) is 1. The summed E-state index contributed by atoms with van der Waals surface area (Å²) in [4.78, 5) is 22.2. The van der Waals surface area contributed by atoms with E-state index in [1.54, 1.807) is 11.3 Å². The molecule has 0 saturated carbocycles. The predicted octanol–water partition coefficient (Wildman–Crippen LogP) is 4.61. The highest BCUT2D eigenvalue weighted by atomic mass is 32.1. The van der Waals surface area contributed by atoms with Crippen LogP contribution in [0.5, 0.6) is 0 Å². The molecule has 4 rings (SSSR count). The van der Waals surface area contributed by atoms with Crippen molar-refractivity contribution < 1.29 is 0 Å². The quantitative estimate of drug-likeness (QED) is 0.593. The van der Waals surface area contributed by atoms with Gasteiger partial charge >= 0.3 is 0 Å². The number of fused-ring (bicyclic) bond motifs is 1. The highest BCUT2D eigenvalue weighted by molar-refractivity contribution is 7.17. The Bertz CT molecular complexity index is 1010. The van der Waals surface area contributed by atoms with Crippen LogP contribution in [0.1, 0.15) is 16.3 Å². The summed E-state index contributed by atoms with van der Waals surface area (Å²) in [6, 6.07) is 12.3. The van der Waals surface area contributed by atoms with Crippen LogP contribution < -0.4 is 5.56 Å². The molecule has 1 aromatic carbocycles. The predicted molar refractivity (Wildman–Crippen MR) is 97.5 cm³/mol. The molecule has 1 N–H and O–H groups in total. The van der Waals surface area contributed by atoms with Crippen LogP contribution in [-0.2, 0) is 6.42 Å². The first kappa shape index (κ1) is 14.4. The Morgan fingerprint density at radius 1 is 1.13 bits per heavy atom. The lowest BCUT2D eigenvalue weighted by molar-refractivity contribution is 0.990. The fourth-order valence-electron chi connectivity index (χ4n) is 2.60. The summed E-state index contributed by atoms with van der Waals surface area (Å²) in [6.07, 6.45) is 0.667. The van der Waals surface area contributed by atoms with E-state index in [1.165, 1.54) is 21.8 Å². The maximum atomic E-state index is 12.6. The third kappa shape index (κ3) is 2.73. The Hall–Kier alpha value is -2.24. The van der Waals surface area contributed by atoms with Gasteiger partial charge in [0, 0.05) is 22.2 Å². The van der Waals surface area contributed by atoms with Crippen molar-refractivity contribution in [1.82, 2.24) is 9.97 Å². The molecule has 23 heavy (non-hydrogen) atoms. The molecule has 0 bridgehead atoms. The second-order valence-electron chi connectivity index (χ2n) is 5.46. The van der Waals surface area contributed by atoms with Gasteiger partial charge in [-0.15, -0.1) is 22.7 Å². The minimum Gasteiger partial charge on any atom is -0.310 e. The molecule has 3 heterocycles. The number of aromatic amines is 1. The standard InChI is InChI=1S/C18H14N2OS2/c1-11-4-6-12(7-5-11)14-10-23-18-16(14)17(21)19-15(20-18)9-13-3-2-8-22-13/h2-8,10H,9H2,1H3,(H,19,20,21). The van der Waals surface area contributed by atoms with Gasteiger partial charge in [0.05, 0.1) is 5.39 Å². The van der Waals surface area contributed by atoms with Crippen LogP contribution in [0.3, 0.4) is 0 Å². The van der Waals surface area contributed by atoms with E-state index < -0.39 is 0 Å². The third-order valence-corrected chi connectivity index (χ3v) is 5.53. The average Bonchev–Trinajstić information content (AvgIpc) is 3.18. The lowest BCUT2D eigenvalue weighted by Gasteiger charge is -2.02. The summed E-state index contributed by atoms with van der Waals surface area (Å²) in [6.45, 7) is 2.06. The second-order valence-corrected chi connectivity index (χ2v) is 7.35. The maximum Gasteiger partial charge on any atom is 0.260 e. The molecule has 0 spiro atoms.